The minimum absolute atomic E-state index is 0.0393. The third kappa shape index (κ3) is 7.80. The fourth-order valence-electron chi connectivity index (χ4n) is 2.21. The Balaban J connectivity index is 3.14. The smallest absolute Gasteiger partial charge is 0.338 e. The molecule has 0 radical (unpaired) electrons. The molecule has 0 aliphatic heterocycles. The summed E-state index contributed by atoms with van der Waals surface area (Å²) in [5.74, 6) is -1.44. The molecule has 0 aliphatic rings. The van der Waals surface area contributed by atoms with Crippen LogP contribution in [0.1, 0.15) is 63.2 Å². The number of anilines is 1. The van der Waals surface area contributed by atoms with E-state index < -0.39 is 32.0 Å². The number of carboxylic acids is 1. The van der Waals surface area contributed by atoms with Gasteiger partial charge in [-0.05, 0) is 51.9 Å². The average molecular weight is 460 g/mol. The summed E-state index contributed by atoms with van der Waals surface area (Å²) in [7, 11) is -2.25. The number of nitrogens with one attached hydrogen (secondary N) is 1. The predicted molar refractivity (Wildman–Crippen MR) is 125 cm³/mol. The van der Waals surface area contributed by atoms with Crippen LogP contribution in [0.15, 0.2) is 6.07 Å². The summed E-state index contributed by atoms with van der Waals surface area (Å²) in [6.45, 7) is 17.7. The van der Waals surface area contributed by atoms with Gasteiger partial charge in [-0.15, -0.1) is 11.3 Å². The molecule has 29 heavy (non-hydrogen) atoms. The van der Waals surface area contributed by atoms with Crippen LogP contribution in [0.5, 0.6) is 0 Å². The zero-order valence-electron chi connectivity index (χ0n) is 18.8. The van der Waals surface area contributed by atoms with Crippen LogP contribution in [0, 0.1) is 6.92 Å². The van der Waals surface area contributed by atoms with Gasteiger partial charge >= 0.3 is 11.9 Å². The molecular formula is C20H33NO5S2Si. The molecular weight excluding hydrogens is 426 g/mol. The average Bonchev–Trinajstić information content (AvgIpc) is 2.83. The predicted octanol–water partition coefficient (Wildman–Crippen LogP) is 5.62. The minimum Gasteiger partial charge on any atom is -0.478 e. The molecule has 9 heteroatoms. The molecule has 164 valence electrons. The van der Waals surface area contributed by atoms with Crippen molar-refractivity contribution < 1.29 is 23.9 Å². The number of carbonyl (C=O) groups is 2. The lowest BCUT2D eigenvalue weighted by Crippen LogP contribution is -2.47. The van der Waals surface area contributed by atoms with Crippen molar-refractivity contribution >= 4 is 53.8 Å². The monoisotopic (exact) mass is 459 g/mol. The molecule has 0 spiro atoms. The second kappa shape index (κ2) is 9.24. The molecule has 1 rings (SSSR count). The Morgan fingerprint density at radius 1 is 1.24 bits per heavy atom. The lowest BCUT2D eigenvalue weighted by molar-refractivity contribution is -0.156. The van der Waals surface area contributed by atoms with Crippen LogP contribution >= 0.6 is 23.6 Å². The first-order valence-electron chi connectivity index (χ1n) is 9.47. The summed E-state index contributed by atoms with van der Waals surface area (Å²) < 4.78 is 11.9. The van der Waals surface area contributed by atoms with E-state index in [1.165, 1.54) is 11.3 Å². The fraction of sp³-hybridized carbons (Fsp3) is 0.650. The fourth-order valence-corrected chi connectivity index (χ4v) is 4.78. The van der Waals surface area contributed by atoms with E-state index in [0.29, 0.717) is 5.00 Å². The zero-order valence-corrected chi connectivity index (χ0v) is 21.4. The zero-order chi connectivity index (χ0) is 22.8. The van der Waals surface area contributed by atoms with Crippen molar-refractivity contribution in [2.75, 3.05) is 5.32 Å². The van der Waals surface area contributed by atoms with Crippen molar-refractivity contribution in [2.45, 2.75) is 84.7 Å². The number of thiophene rings is 1. The molecule has 6 nitrogen and oxygen atoms in total. The van der Waals surface area contributed by atoms with E-state index in [-0.39, 0.29) is 22.0 Å². The van der Waals surface area contributed by atoms with Crippen molar-refractivity contribution in [1.29, 1.82) is 0 Å². The van der Waals surface area contributed by atoms with Crippen LogP contribution in [0.25, 0.3) is 0 Å². The first kappa shape index (κ1) is 25.7. The van der Waals surface area contributed by atoms with Gasteiger partial charge in [-0.2, -0.15) is 0 Å². The second-order valence-electron chi connectivity index (χ2n) is 9.55. The van der Waals surface area contributed by atoms with Crippen LogP contribution < -0.4 is 5.32 Å². The van der Waals surface area contributed by atoms with Gasteiger partial charge in [-0.1, -0.05) is 33.0 Å². The van der Waals surface area contributed by atoms with Crippen LogP contribution in [0.2, 0.25) is 18.1 Å². The van der Waals surface area contributed by atoms with Crippen molar-refractivity contribution in [3.05, 3.63) is 16.5 Å². The number of esters is 1. The number of ether oxygens (including phenoxy) is 1. The number of carbonyl (C=O) groups excluding carboxylic acids is 1. The van der Waals surface area contributed by atoms with Crippen molar-refractivity contribution in [3.8, 4) is 0 Å². The molecule has 0 saturated carbocycles. The van der Waals surface area contributed by atoms with Gasteiger partial charge in [0.1, 0.15) is 21.7 Å². The van der Waals surface area contributed by atoms with E-state index in [9.17, 15) is 14.7 Å². The van der Waals surface area contributed by atoms with Crippen LogP contribution in [-0.4, -0.2) is 42.1 Å². The SMILES string of the molecule is Cc1cc(C(=O)O)c(NC(=S)[C@H](CC(=O)OC(C)(C)C)O[Si](C)(C)C(C)(C)C)s1. The number of aromatic carboxylic acids is 1. The highest BCUT2D eigenvalue weighted by Crippen LogP contribution is 2.38. The largest absolute Gasteiger partial charge is 0.478 e. The Hall–Kier alpha value is -1.29. The number of thiocarbonyl (C=S) groups is 1. The van der Waals surface area contributed by atoms with Gasteiger partial charge in [-0.25, -0.2) is 4.79 Å². The molecule has 0 bridgehead atoms. The van der Waals surface area contributed by atoms with E-state index >= 15 is 0 Å². The number of carboxylic acid groups (broad SMARTS) is 1. The van der Waals surface area contributed by atoms with Crippen LogP contribution in [-0.2, 0) is 14.0 Å². The number of hydrogen-bond donors (Lipinski definition) is 2. The van der Waals surface area contributed by atoms with Crippen molar-refractivity contribution in [1.82, 2.24) is 0 Å². The Morgan fingerprint density at radius 2 is 1.79 bits per heavy atom. The maximum absolute atomic E-state index is 12.5. The second-order valence-corrected chi connectivity index (χ2v) is 16.0. The Morgan fingerprint density at radius 3 is 2.24 bits per heavy atom. The van der Waals surface area contributed by atoms with Gasteiger partial charge < -0.3 is 19.6 Å². The number of hydrogen-bond acceptors (Lipinski definition) is 6. The molecule has 0 aliphatic carbocycles. The van der Waals surface area contributed by atoms with Gasteiger partial charge in [0.15, 0.2) is 8.32 Å². The van der Waals surface area contributed by atoms with Gasteiger partial charge in [-0.3, -0.25) is 4.79 Å². The third-order valence-corrected chi connectivity index (χ3v) is 10.4. The normalized spacial score (nSPS) is 13.7. The summed E-state index contributed by atoms with van der Waals surface area (Å²) in [5.41, 5.74) is -0.465. The number of rotatable bonds is 7. The molecule has 1 atom stereocenters. The highest BCUT2D eigenvalue weighted by molar-refractivity contribution is 7.80. The molecule has 0 unspecified atom stereocenters. The highest BCUT2D eigenvalue weighted by atomic mass is 32.1. The molecule has 1 aromatic heterocycles. The Kier molecular flexibility index (Phi) is 8.20. The van der Waals surface area contributed by atoms with E-state index in [4.69, 9.17) is 21.4 Å². The lowest BCUT2D eigenvalue weighted by atomic mass is 10.2. The van der Waals surface area contributed by atoms with Gasteiger partial charge in [0.25, 0.3) is 0 Å². The topological polar surface area (TPSA) is 84.9 Å². The summed E-state index contributed by atoms with van der Waals surface area (Å²) in [4.78, 5) is 25.1. The van der Waals surface area contributed by atoms with Gasteiger partial charge in [0.05, 0.1) is 12.0 Å². The summed E-state index contributed by atoms with van der Waals surface area (Å²) >= 11 is 6.86. The molecule has 1 heterocycles. The standard InChI is InChI=1S/C20H33NO5S2Si/c1-12-10-13(18(23)24)17(28-12)21-16(27)14(11-15(22)25-19(2,3)4)26-29(8,9)20(5,6)7/h10,14H,11H2,1-9H3,(H,21,27)(H,23,24)/t14-/m0/s1. The highest BCUT2D eigenvalue weighted by Gasteiger charge is 2.41. The summed E-state index contributed by atoms with van der Waals surface area (Å²) in [6.07, 6.45) is -0.743. The van der Waals surface area contributed by atoms with Crippen molar-refractivity contribution in [3.63, 3.8) is 0 Å². The molecule has 0 fully saturated rings. The molecule has 2 N–H and O–H groups in total. The molecule has 1 aromatic rings. The van der Waals surface area contributed by atoms with Gasteiger partial charge in [0, 0.05) is 4.88 Å². The van der Waals surface area contributed by atoms with Crippen LogP contribution in [0.3, 0.4) is 0 Å². The first-order chi connectivity index (χ1) is 12.9. The van der Waals surface area contributed by atoms with Crippen molar-refractivity contribution in [2.24, 2.45) is 0 Å². The molecule has 0 aromatic carbocycles. The number of aryl methyl sites for hydroxylation is 1. The third-order valence-electron chi connectivity index (χ3n) is 4.63. The first-order valence-corrected chi connectivity index (χ1v) is 13.6. The Bertz CT molecular complexity index is 775. The van der Waals surface area contributed by atoms with E-state index in [1.54, 1.807) is 26.8 Å². The quantitative estimate of drug-likeness (QED) is 0.311. The maximum atomic E-state index is 12.5. The maximum Gasteiger partial charge on any atom is 0.338 e. The molecule has 0 amide bonds. The summed E-state index contributed by atoms with van der Waals surface area (Å²) in [6, 6.07) is 1.59. The van der Waals surface area contributed by atoms with E-state index in [2.05, 4.69) is 39.2 Å². The van der Waals surface area contributed by atoms with E-state index in [1.807, 2.05) is 6.92 Å². The minimum atomic E-state index is -2.25. The lowest BCUT2D eigenvalue weighted by Gasteiger charge is -2.39. The summed E-state index contributed by atoms with van der Waals surface area (Å²) in [5, 5.41) is 12.8. The Labute approximate surface area is 184 Å². The van der Waals surface area contributed by atoms with Crippen LogP contribution in [0.4, 0.5) is 5.00 Å². The molecule has 0 saturated heterocycles. The van der Waals surface area contributed by atoms with E-state index in [0.717, 1.165) is 4.88 Å². The van der Waals surface area contributed by atoms with Gasteiger partial charge in [0.2, 0.25) is 0 Å².